The van der Waals surface area contributed by atoms with Crippen molar-refractivity contribution in [3.05, 3.63) is 76.6 Å². The molecule has 0 aliphatic rings. The van der Waals surface area contributed by atoms with Crippen molar-refractivity contribution in [1.29, 1.82) is 0 Å². The van der Waals surface area contributed by atoms with Crippen molar-refractivity contribution < 1.29 is 23.2 Å². The molecular weight excluding hydrogens is 466 g/mol. The number of hydrogen-bond donors (Lipinski definition) is 3. The Morgan fingerprint density at radius 1 is 1.03 bits per heavy atom. The fourth-order valence-corrected chi connectivity index (χ4v) is 3.85. The van der Waals surface area contributed by atoms with Crippen molar-refractivity contribution in [1.82, 2.24) is 14.5 Å². The van der Waals surface area contributed by atoms with Crippen LogP contribution in [0.1, 0.15) is 0 Å². The number of hydrogen-bond acceptors (Lipinski definition) is 8. The first-order valence-corrected chi connectivity index (χ1v) is 10.9. The van der Waals surface area contributed by atoms with Gasteiger partial charge in [0.15, 0.2) is 5.65 Å². The summed E-state index contributed by atoms with van der Waals surface area (Å²) in [7, 11) is 1.55. The van der Waals surface area contributed by atoms with Gasteiger partial charge in [0, 0.05) is 34.0 Å². The molecular formula is C23H20F2N4O4S. The van der Waals surface area contributed by atoms with Crippen LogP contribution >= 0.6 is 12.0 Å². The number of anilines is 1. The first-order valence-electron chi connectivity index (χ1n) is 10.1. The zero-order valence-electron chi connectivity index (χ0n) is 17.9. The minimum Gasteiger partial charge on any atom is -0.394 e. The molecule has 0 atom stereocenters. The molecule has 0 spiro atoms. The standard InChI is InChI=1S/C23H20F2N4O4S/c1-33-34-15-7-5-13(6-8-15)20-16-9-10-19(32)29(21-17(24)3-2-4-18(21)25)22(16)28-23(27-20)26-14(11-30)12-31/h2-10,14,30-31H,11-12H2,1H3,(H,26,27,28). The van der Waals surface area contributed by atoms with Gasteiger partial charge in [0.1, 0.15) is 17.3 Å². The maximum Gasteiger partial charge on any atom is 0.256 e. The SMILES string of the molecule is COSc1ccc(-c2nc(NC(CO)CO)nc3c2ccc(=O)n3-c2c(F)cccc2F)cc1. The molecule has 0 aliphatic carbocycles. The first-order chi connectivity index (χ1) is 16.5. The van der Waals surface area contributed by atoms with Crippen molar-refractivity contribution in [2.45, 2.75) is 10.9 Å². The van der Waals surface area contributed by atoms with Gasteiger partial charge < -0.3 is 19.7 Å². The molecule has 0 saturated heterocycles. The monoisotopic (exact) mass is 486 g/mol. The van der Waals surface area contributed by atoms with Gasteiger partial charge in [0.2, 0.25) is 5.95 Å². The van der Waals surface area contributed by atoms with Gasteiger partial charge in [-0.25, -0.2) is 13.8 Å². The maximum atomic E-state index is 14.7. The second-order valence-electron chi connectivity index (χ2n) is 7.19. The van der Waals surface area contributed by atoms with Gasteiger partial charge in [-0.05, 0) is 30.3 Å². The van der Waals surface area contributed by atoms with E-state index in [0.29, 0.717) is 16.6 Å². The molecule has 4 aromatic rings. The second kappa shape index (κ2) is 10.3. The Morgan fingerprint density at radius 3 is 2.32 bits per heavy atom. The number of pyridine rings is 1. The summed E-state index contributed by atoms with van der Waals surface area (Å²) in [5, 5.41) is 22.1. The molecule has 176 valence electrons. The normalized spacial score (nSPS) is 11.4. The Bertz CT molecular complexity index is 1360. The molecule has 0 aliphatic heterocycles. The van der Waals surface area contributed by atoms with Crippen molar-refractivity contribution in [2.75, 3.05) is 25.6 Å². The van der Waals surface area contributed by atoms with Crippen LogP contribution in [0.15, 0.2) is 64.3 Å². The highest BCUT2D eigenvalue weighted by Crippen LogP contribution is 2.30. The van der Waals surface area contributed by atoms with E-state index in [1.54, 1.807) is 31.4 Å². The fraction of sp³-hybridized carbons (Fsp3) is 0.174. The van der Waals surface area contributed by atoms with Gasteiger partial charge in [-0.1, -0.05) is 18.2 Å². The molecule has 0 unspecified atom stereocenters. The molecule has 0 amide bonds. The number of rotatable bonds is 8. The number of benzene rings is 2. The Kier molecular flexibility index (Phi) is 7.17. The molecule has 0 saturated carbocycles. The summed E-state index contributed by atoms with van der Waals surface area (Å²) in [5.41, 5.74) is -0.295. The number of nitrogens with one attached hydrogen (secondary N) is 1. The van der Waals surface area contributed by atoms with Crippen molar-refractivity contribution >= 4 is 29.0 Å². The largest absolute Gasteiger partial charge is 0.394 e. The van der Waals surface area contributed by atoms with Crippen LogP contribution in [-0.4, -0.2) is 51.1 Å². The van der Waals surface area contributed by atoms with E-state index in [2.05, 4.69) is 15.3 Å². The number of para-hydroxylation sites is 1. The van der Waals surface area contributed by atoms with E-state index in [9.17, 15) is 23.8 Å². The third-order valence-electron chi connectivity index (χ3n) is 4.99. The van der Waals surface area contributed by atoms with Crippen molar-refractivity contribution in [2.24, 2.45) is 0 Å². The maximum absolute atomic E-state index is 14.7. The molecule has 8 nitrogen and oxygen atoms in total. The summed E-state index contributed by atoms with van der Waals surface area (Å²) in [5.74, 6) is -1.91. The van der Waals surface area contributed by atoms with Gasteiger partial charge in [0.25, 0.3) is 5.56 Å². The van der Waals surface area contributed by atoms with Crippen LogP contribution in [0.25, 0.3) is 28.0 Å². The van der Waals surface area contributed by atoms with E-state index in [-0.39, 0.29) is 11.6 Å². The first kappa shape index (κ1) is 23.8. The lowest BCUT2D eigenvalue weighted by Gasteiger charge is -2.17. The summed E-state index contributed by atoms with van der Waals surface area (Å²) in [6, 6.07) is 12.3. The minimum absolute atomic E-state index is 0.0398. The van der Waals surface area contributed by atoms with Gasteiger partial charge in [-0.3, -0.25) is 9.36 Å². The van der Waals surface area contributed by atoms with E-state index in [1.165, 1.54) is 30.2 Å². The Labute approximate surface area is 197 Å². The predicted octanol–water partition coefficient (Wildman–Crippen LogP) is 3.14. The van der Waals surface area contributed by atoms with Crippen LogP contribution in [0, 0.1) is 11.6 Å². The highest BCUT2D eigenvalue weighted by atomic mass is 32.2. The number of aliphatic hydroxyl groups is 2. The summed E-state index contributed by atoms with van der Waals surface area (Å²) >= 11 is 1.18. The Balaban J connectivity index is 2.02. The molecule has 0 fully saturated rings. The van der Waals surface area contributed by atoms with Crippen molar-refractivity contribution in [3.63, 3.8) is 0 Å². The lowest BCUT2D eigenvalue weighted by atomic mass is 10.1. The predicted molar refractivity (Wildman–Crippen MR) is 125 cm³/mol. The lowest BCUT2D eigenvalue weighted by molar-refractivity contribution is 0.203. The van der Waals surface area contributed by atoms with E-state index in [0.717, 1.165) is 21.6 Å². The van der Waals surface area contributed by atoms with Crippen LogP contribution in [0.4, 0.5) is 14.7 Å². The smallest absolute Gasteiger partial charge is 0.256 e. The molecule has 34 heavy (non-hydrogen) atoms. The number of halogens is 2. The van der Waals surface area contributed by atoms with Gasteiger partial charge in [-0.15, -0.1) is 0 Å². The number of aliphatic hydroxyl groups excluding tert-OH is 2. The number of aromatic nitrogens is 3. The van der Waals surface area contributed by atoms with E-state index in [1.807, 2.05) is 0 Å². The average Bonchev–Trinajstić information content (AvgIpc) is 2.84. The topological polar surface area (TPSA) is 110 Å². The second-order valence-corrected chi connectivity index (χ2v) is 8.16. The summed E-state index contributed by atoms with van der Waals surface area (Å²) in [6.45, 7) is -0.834. The summed E-state index contributed by atoms with van der Waals surface area (Å²) in [6.07, 6.45) is 0. The quantitative estimate of drug-likeness (QED) is 0.326. The zero-order chi connectivity index (χ0) is 24.2. The third kappa shape index (κ3) is 4.64. The molecule has 2 heterocycles. The number of fused-ring (bicyclic) bond motifs is 1. The molecule has 11 heteroatoms. The highest BCUT2D eigenvalue weighted by molar-refractivity contribution is 7.94. The van der Waals surface area contributed by atoms with E-state index in [4.69, 9.17) is 4.18 Å². The van der Waals surface area contributed by atoms with E-state index >= 15 is 0 Å². The molecule has 4 rings (SSSR count). The zero-order valence-corrected chi connectivity index (χ0v) is 18.7. The molecule has 2 aromatic carbocycles. The van der Waals surface area contributed by atoms with Gasteiger partial charge in [-0.2, -0.15) is 4.98 Å². The van der Waals surface area contributed by atoms with Crippen LogP contribution < -0.4 is 10.9 Å². The van der Waals surface area contributed by atoms with Gasteiger partial charge in [0.05, 0.1) is 32.1 Å². The third-order valence-corrected chi connectivity index (χ3v) is 5.62. The van der Waals surface area contributed by atoms with E-state index < -0.39 is 42.1 Å². The van der Waals surface area contributed by atoms with Crippen molar-refractivity contribution in [3.8, 4) is 16.9 Å². The molecule has 3 N–H and O–H groups in total. The number of nitrogens with zero attached hydrogens (tertiary/aromatic N) is 3. The average molecular weight is 487 g/mol. The highest BCUT2D eigenvalue weighted by Gasteiger charge is 2.20. The Morgan fingerprint density at radius 2 is 1.71 bits per heavy atom. The summed E-state index contributed by atoms with van der Waals surface area (Å²) in [4.78, 5) is 22.5. The fourth-order valence-electron chi connectivity index (χ4n) is 3.41. The van der Waals surface area contributed by atoms with Crippen LogP contribution in [0.2, 0.25) is 0 Å². The lowest BCUT2D eigenvalue weighted by Crippen LogP contribution is -2.29. The minimum atomic E-state index is -0.936. The Hall–Kier alpha value is -3.38. The van der Waals surface area contributed by atoms with Crippen LogP contribution in [-0.2, 0) is 4.18 Å². The molecule has 2 aromatic heterocycles. The van der Waals surface area contributed by atoms with Crippen LogP contribution in [0.5, 0.6) is 0 Å². The summed E-state index contributed by atoms with van der Waals surface area (Å²) < 4.78 is 35.2. The van der Waals surface area contributed by atoms with Crippen LogP contribution in [0.3, 0.4) is 0 Å². The molecule has 0 bridgehead atoms. The molecule has 0 radical (unpaired) electrons. The van der Waals surface area contributed by atoms with Gasteiger partial charge >= 0.3 is 0 Å².